The van der Waals surface area contributed by atoms with Crippen molar-refractivity contribution in [3.63, 3.8) is 0 Å². The Morgan fingerprint density at radius 1 is 1.29 bits per heavy atom. The molecule has 3 aliphatic rings. The van der Waals surface area contributed by atoms with Gasteiger partial charge in [0.2, 0.25) is 0 Å². The highest BCUT2D eigenvalue weighted by atomic mass is 16.5. The number of hydrogen-bond acceptors (Lipinski definition) is 3. The van der Waals surface area contributed by atoms with Gasteiger partial charge in [-0.3, -0.25) is 4.79 Å². The van der Waals surface area contributed by atoms with E-state index in [0.717, 1.165) is 32.1 Å². The van der Waals surface area contributed by atoms with Crippen LogP contribution in [0.2, 0.25) is 0 Å². The minimum atomic E-state index is -0.265. The van der Waals surface area contributed by atoms with E-state index in [1.165, 1.54) is 50.2 Å². The van der Waals surface area contributed by atoms with E-state index in [1.807, 2.05) is 6.07 Å². The number of aliphatic hydroxyl groups is 1. The molecule has 0 radical (unpaired) electrons. The van der Waals surface area contributed by atoms with E-state index in [0.29, 0.717) is 23.5 Å². The minimum absolute atomic E-state index is 0.00466. The molecule has 2 saturated carbocycles. The SMILES string of the molecule is C=CC12CCc3cc(OC(C)=O)ccc3[C@H]1C(CCCCCC)C[C@]1(C)C(O)CC[C@@H]21. The number of rotatable bonds is 7. The number of benzene rings is 1. The topological polar surface area (TPSA) is 46.5 Å². The Morgan fingerprint density at radius 3 is 2.81 bits per heavy atom. The average Bonchev–Trinajstić information content (AvgIpc) is 3.05. The van der Waals surface area contributed by atoms with E-state index >= 15 is 0 Å². The van der Waals surface area contributed by atoms with Crippen LogP contribution in [-0.4, -0.2) is 17.2 Å². The maximum Gasteiger partial charge on any atom is 0.308 e. The molecule has 3 nitrogen and oxygen atoms in total. The van der Waals surface area contributed by atoms with Crippen molar-refractivity contribution in [2.75, 3.05) is 0 Å². The van der Waals surface area contributed by atoms with Gasteiger partial charge in [-0.1, -0.05) is 51.7 Å². The van der Waals surface area contributed by atoms with E-state index in [9.17, 15) is 9.90 Å². The molecule has 0 bridgehead atoms. The molecule has 3 aliphatic carbocycles. The second-order valence-electron chi connectivity index (χ2n) is 10.7. The Morgan fingerprint density at radius 2 is 2.10 bits per heavy atom. The molecule has 0 heterocycles. The van der Waals surface area contributed by atoms with Crippen molar-refractivity contribution in [2.24, 2.45) is 22.7 Å². The van der Waals surface area contributed by atoms with Gasteiger partial charge >= 0.3 is 5.97 Å². The highest BCUT2D eigenvalue weighted by molar-refractivity contribution is 5.69. The summed E-state index contributed by atoms with van der Waals surface area (Å²) in [5.74, 6) is 1.89. The van der Waals surface area contributed by atoms with Crippen molar-refractivity contribution in [1.29, 1.82) is 0 Å². The van der Waals surface area contributed by atoms with Crippen molar-refractivity contribution in [3.05, 3.63) is 42.0 Å². The molecule has 1 N–H and O–H groups in total. The number of hydrogen-bond donors (Lipinski definition) is 1. The number of esters is 1. The van der Waals surface area contributed by atoms with E-state index < -0.39 is 0 Å². The lowest BCUT2D eigenvalue weighted by atomic mass is 9.44. The van der Waals surface area contributed by atoms with Crippen LogP contribution in [0.5, 0.6) is 5.75 Å². The molecule has 0 amide bonds. The van der Waals surface area contributed by atoms with Crippen molar-refractivity contribution in [2.45, 2.75) is 97.0 Å². The molecule has 0 saturated heterocycles. The van der Waals surface area contributed by atoms with E-state index in [-0.39, 0.29) is 22.9 Å². The highest BCUT2D eigenvalue weighted by Crippen LogP contribution is 2.69. The normalized spacial score (nSPS) is 36.3. The molecule has 6 atom stereocenters. The molecule has 31 heavy (non-hydrogen) atoms. The van der Waals surface area contributed by atoms with Gasteiger partial charge in [0.1, 0.15) is 5.75 Å². The third-order valence-corrected chi connectivity index (χ3v) is 9.03. The molecule has 3 unspecified atom stereocenters. The fraction of sp³-hybridized carbons (Fsp3) is 0.679. The number of aryl methyl sites for hydroxylation is 1. The fourth-order valence-corrected chi connectivity index (χ4v) is 7.74. The zero-order valence-corrected chi connectivity index (χ0v) is 19.7. The summed E-state index contributed by atoms with van der Waals surface area (Å²) >= 11 is 0. The molecule has 0 spiro atoms. The maximum atomic E-state index is 11.5. The smallest absolute Gasteiger partial charge is 0.308 e. The quantitative estimate of drug-likeness (QED) is 0.233. The predicted molar refractivity (Wildman–Crippen MR) is 125 cm³/mol. The monoisotopic (exact) mass is 424 g/mol. The van der Waals surface area contributed by atoms with Gasteiger partial charge in [-0.2, -0.15) is 0 Å². The molecule has 0 aromatic heterocycles. The standard InChI is InChI=1S/C28H40O3/c1-5-7-8-9-10-21-18-27(4)24(13-14-25(27)30)28(6-2)16-15-20-17-22(31-19(3)29)11-12-23(20)26(21)28/h6,11-12,17,21,24-26,30H,2,5,7-10,13-16,18H2,1,3-4H3/t21?,24-,25?,26-,27+,28?/m1/s1. The molecule has 1 aromatic carbocycles. The molecule has 170 valence electrons. The number of unbranched alkanes of at least 4 members (excludes halogenated alkanes) is 3. The molecule has 4 rings (SSSR count). The van der Waals surface area contributed by atoms with Crippen LogP contribution in [-0.2, 0) is 11.2 Å². The number of ether oxygens (including phenoxy) is 1. The maximum absolute atomic E-state index is 11.5. The van der Waals surface area contributed by atoms with Gasteiger partial charge in [-0.15, -0.1) is 6.58 Å². The van der Waals surface area contributed by atoms with Crippen LogP contribution in [0.1, 0.15) is 95.6 Å². The van der Waals surface area contributed by atoms with Crippen LogP contribution in [0.15, 0.2) is 30.9 Å². The van der Waals surface area contributed by atoms with E-state index in [2.05, 4.69) is 38.6 Å². The fourth-order valence-electron chi connectivity index (χ4n) is 7.74. The largest absolute Gasteiger partial charge is 0.427 e. The van der Waals surface area contributed by atoms with Gasteiger partial charge in [-0.05, 0) is 90.4 Å². The van der Waals surface area contributed by atoms with Crippen LogP contribution in [0.25, 0.3) is 0 Å². The van der Waals surface area contributed by atoms with Gasteiger partial charge in [-0.25, -0.2) is 0 Å². The van der Waals surface area contributed by atoms with Crippen molar-refractivity contribution in [3.8, 4) is 5.75 Å². The van der Waals surface area contributed by atoms with Crippen molar-refractivity contribution < 1.29 is 14.6 Å². The van der Waals surface area contributed by atoms with Crippen molar-refractivity contribution in [1.82, 2.24) is 0 Å². The Kier molecular flexibility index (Phi) is 6.36. The van der Waals surface area contributed by atoms with Gasteiger partial charge in [0.15, 0.2) is 0 Å². The first-order valence-electron chi connectivity index (χ1n) is 12.5. The summed E-state index contributed by atoms with van der Waals surface area (Å²) in [6.07, 6.45) is 13.6. The Balaban J connectivity index is 1.74. The van der Waals surface area contributed by atoms with Crippen LogP contribution >= 0.6 is 0 Å². The second-order valence-corrected chi connectivity index (χ2v) is 10.7. The number of allylic oxidation sites excluding steroid dienone is 1. The molecular weight excluding hydrogens is 384 g/mol. The zero-order valence-electron chi connectivity index (χ0n) is 19.7. The molecule has 3 heteroatoms. The number of fused-ring (bicyclic) bond motifs is 5. The molecule has 1 aromatic rings. The second kappa shape index (κ2) is 8.73. The van der Waals surface area contributed by atoms with E-state index in [1.54, 1.807) is 0 Å². The molecule has 2 fully saturated rings. The van der Waals surface area contributed by atoms with Crippen LogP contribution in [0.3, 0.4) is 0 Å². The first kappa shape index (κ1) is 22.6. The van der Waals surface area contributed by atoms with Gasteiger partial charge in [0.25, 0.3) is 0 Å². The lowest BCUT2D eigenvalue weighted by Gasteiger charge is -2.60. The first-order chi connectivity index (χ1) is 14.9. The minimum Gasteiger partial charge on any atom is -0.427 e. The number of carbonyl (C=O) groups excluding carboxylic acids is 1. The van der Waals surface area contributed by atoms with Crippen LogP contribution < -0.4 is 4.74 Å². The third-order valence-electron chi connectivity index (χ3n) is 9.03. The van der Waals surface area contributed by atoms with Crippen molar-refractivity contribution >= 4 is 5.97 Å². The lowest BCUT2D eigenvalue weighted by Crippen LogP contribution is -2.54. The lowest BCUT2D eigenvalue weighted by molar-refractivity contribution is -0.131. The molecular formula is C28H40O3. The highest BCUT2D eigenvalue weighted by Gasteiger charge is 2.63. The summed E-state index contributed by atoms with van der Waals surface area (Å²) in [6, 6.07) is 6.29. The summed E-state index contributed by atoms with van der Waals surface area (Å²) in [5.41, 5.74) is 2.82. The van der Waals surface area contributed by atoms with Gasteiger partial charge in [0.05, 0.1) is 6.10 Å². The summed E-state index contributed by atoms with van der Waals surface area (Å²) in [5, 5.41) is 11.0. The average molecular weight is 425 g/mol. The summed E-state index contributed by atoms with van der Waals surface area (Å²) in [7, 11) is 0. The summed E-state index contributed by atoms with van der Waals surface area (Å²) in [6.45, 7) is 10.5. The number of aliphatic hydroxyl groups excluding tert-OH is 1. The van der Waals surface area contributed by atoms with Gasteiger partial charge in [0, 0.05) is 6.92 Å². The Hall–Kier alpha value is -1.61. The third kappa shape index (κ3) is 3.77. The van der Waals surface area contributed by atoms with Gasteiger partial charge < -0.3 is 9.84 Å². The van der Waals surface area contributed by atoms with E-state index in [4.69, 9.17) is 4.74 Å². The molecule has 0 aliphatic heterocycles. The Labute approximate surface area is 188 Å². The number of carbonyl (C=O) groups is 1. The summed E-state index contributed by atoms with van der Waals surface area (Å²) < 4.78 is 5.39. The Bertz CT molecular complexity index is 830. The van der Waals surface area contributed by atoms with Crippen LogP contribution in [0.4, 0.5) is 0 Å². The van der Waals surface area contributed by atoms with Crippen LogP contribution in [0, 0.1) is 22.7 Å². The zero-order chi connectivity index (χ0) is 22.2. The summed E-state index contributed by atoms with van der Waals surface area (Å²) in [4.78, 5) is 11.5. The predicted octanol–water partition coefficient (Wildman–Crippen LogP) is 6.58. The first-order valence-corrected chi connectivity index (χ1v) is 12.5.